The zero-order chi connectivity index (χ0) is 18.8. The minimum Gasteiger partial charge on any atom is -0.495 e. The van der Waals surface area contributed by atoms with E-state index < -0.39 is 16.1 Å². The highest BCUT2D eigenvalue weighted by atomic mass is 32.2. The summed E-state index contributed by atoms with van der Waals surface area (Å²) in [4.78, 5) is 0.100. The van der Waals surface area contributed by atoms with Gasteiger partial charge in [0.05, 0.1) is 7.11 Å². The zero-order valence-electron chi connectivity index (χ0n) is 15.5. The lowest BCUT2D eigenvalue weighted by Crippen LogP contribution is -2.30. The summed E-state index contributed by atoms with van der Waals surface area (Å²) < 4.78 is 39.3. The third kappa shape index (κ3) is 4.58. The Labute approximate surface area is 148 Å². The molecule has 0 aliphatic rings. The van der Waals surface area contributed by atoms with Gasteiger partial charge in [-0.1, -0.05) is 13.8 Å². The molecule has 0 amide bonds. The van der Waals surface area contributed by atoms with Gasteiger partial charge in [0.1, 0.15) is 16.7 Å². The summed E-state index contributed by atoms with van der Waals surface area (Å²) in [7, 11) is -2.37. The second kappa shape index (κ2) is 7.53. The standard InChI is InChI=1S/C17H25N3O4S/c1-10(2)7-14(17-19-18-13(5)24-17)20-25(21,22)16-9-12(4)11(3)8-15(16)23-6/h8-10,14,20H,7H2,1-6H3. The maximum Gasteiger partial charge on any atom is 0.244 e. The van der Waals surface area contributed by atoms with Crippen molar-refractivity contribution in [3.05, 3.63) is 35.0 Å². The normalized spacial score (nSPS) is 13.2. The Morgan fingerprint density at radius 3 is 2.32 bits per heavy atom. The third-order valence-electron chi connectivity index (χ3n) is 3.91. The summed E-state index contributed by atoms with van der Waals surface area (Å²) >= 11 is 0. The van der Waals surface area contributed by atoms with Crippen LogP contribution in [0, 0.1) is 26.7 Å². The van der Waals surface area contributed by atoms with Gasteiger partial charge in [-0.25, -0.2) is 8.42 Å². The number of methoxy groups -OCH3 is 1. The van der Waals surface area contributed by atoms with Gasteiger partial charge in [-0.15, -0.1) is 10.2 Å². The van der Waals surface area contributed by atoms with Crippen molar-refractivity contribution in [2.45, 2.75) is 52.0 Å². The Hall–Kier alpha value is -1.93. The van der Waals surface area contributed by atoms with Crippen molar-refractivity contribution in [1.29, 1.82) is 0 Å². The Kier molecular flexibility index (Phi) is 5.84. The lowest BCUT2D eigenvalue weighted by atomic mass is 10.0. The maximum atomic E-state index is 13.0. The molecule has 138 valence electrons. The van der Waals surface area contributed by atoms with E-state index in [1.54, 1.807) is 19.1 Å². The molecular weight excluding hydrogens is 342 g/mol. The van der Waals surface area contributed by atoms with Crippen molar-refractivity contribution in [2.24, 2.45) is 5.92 Å². The molecule has 1 N–H and O–H groups in total. The van der Waals surface area contributed by atoms with E-state index >= 15 is 0 Å². The van der Waals surface area contributed by atoms with Gasteiger partial charge in [-0.3, -0.25) is 0 Å². The van der Waals surface area contributed by atoms with E-state index in [9.17, 15) is 8.42 Å². The smallest absolute Gasteiger partial charge is 0.244 e. The first-order chi connectivity index (χ1) is 11.6. The lowest BCUT2D eigenvalue weighted by Gasteiger charge is -2.19. The van der Waals surface area contributed by atoms with Gasteiger partial charge in [-0.05, 0) is 49.4 Å². The number of benzene rings is 1. The molecule has 1 unspecified atom stereocenters. The van der Waals surface area contributed by atoms with Gasteiger partial charge in [-0.2, -0.15) is 4.72 Å². The highest BCUT2D eigenvalue weighted by molar-refractivity contribution is 7.89. The van der Waals surface area contributed by atoms with E-state index in [-0.39, 0.29) is 16.7 Å². The van der Waals surface area contributed by atoms with Crippen molar-refractivity contribution >= 4 is 10.0 Å². The van der Waals surface area contributed by atoms with E-state index in [4.69, 9.17) is 9.15 Å². The van der Waals surface area contributed by atoms with Crippen LogP contribution >= 0.6 is 0 Å². The first-order valence-corrected chi connectivity index (χ1v) is 9.60. The number of sulfonamides is 1. The number of nitrogens with one attached hydrogen (secondary N) is 1. The van der Waals surface area contributed by atoms with E-state index in [0.29, 0.717) is 18.1 Å². The summed E-state index contributed by atoms with van der Waals surface area (Å²) in [5.41, 5.74) is 1.83. The lowest BCUT2D eigenvalue weighted by molar-refractivity contribution is 0.370. The van der Waals surface area contributed by atoms with Crippen LogP contribution in [-0.2, 0) is 10.0 Å². The Morgan fingerprint density at radius 1 is 1.16 bits per heavy atom. The van der Waals surface area contributed by atoms with Crippen LogP contribution in [0.15, 0.2) is 21.4 Å². The van der Waals surface area contributed by atoms with Gasteiger partial charge in [0.25, 0.3) is 0 Å². The van der Waals surface area contributed by atoms with E-state index in [2.05, 4.69) is 14.9 Å². The predicted molar refractivity (Wildman–Crippen MR) is 94.0 cm³/mol. The maximum absolute atomic E-state index is 13.0. The fraction of sp³-hybridized carbons (Fsp3) is 0.529. The largest absolute Gasteiger partial charge is 0.495 e. The number of rotatable bonds is 7. The van der Waals surface area contributed by atoms with Gasteiger partial charge >= 0.3 is 0 Å². The second-order valence-corrected chi connectivity index (χ2v) is 8.23. The molecule has 8 heteroatoms. The fourth-order valence-electron chi connectivity index (χ4n) is 2.51. The summed E-state index contributed by atoms with van der Waals surface area (Å²) in [5.74, 6) is 1.20. The average molecular weight is 367 g/mol. The molecule has 0 spiro atoms. The predicted octanol–water partition coefficient (Wildman–Crippen LogP) is 3.07. The van der Waals surface area contributed by atoms with Crippen molar-refractivity contribution in [3.63, 3.8) is 0 Å². The first-order valence-electron chi connectivity index (χ1n) is 8.11. The van der Waals surface area contributed by atoms with Crippen LogP contribution in [0.5, 0.6) is 5.75 Å². The SMILES string of the molecule is COc1cc(C)c(C)cc1S(=O)(=O)NC(CC(C)C)c1nnc(C)o1. The summed E-state index contributed by atoms with van der Waals surface area (Å²) in [6.07, 6.45) is 0.536. The molecule has 1 aromatic carbocycles. The van der Waals surface area contributed by atoms with E-state index in [1.807, 2.05) is 27.7 Å². The quantitative estimate of drug-likeness (QED) is 0.808. The minimum atomic E-state index is -3.83. The number of aryl methyl sites for hydroxylation is 3. The van der Waals surface area contributed by atoms with Crippen molar-refractivity contribution in [1.82, 2.24) is 14.9 Å². The van der Waals surface area contributed by atoms with Crippen LogP contribution < -0.4 is 9.46 Å². The molecule has 1 heterocycles. The number of ether oxygens (including phenoxy) is 1. The Balaban J connectivity index is 2.42. The van der Waals surface area contributed by atoms with E-state index in [0.717, 1.165) is 11.1 Å². The molecule has 1 aromatic heterocycles. The molecule has 2 rings (SSSR count). The zero-order valence-corrected chi connectivity index (χ0v) is 16.3. The Bertz CT molecular complexity index is 844. The number of hydrogen-bond acceptors (Lipinski definition) is 6. The van der Waals surface area contributed by atoms with Crippen LogP contribution in [0.3, 0.4) is 0 Å². The molecule has 0 aliphatic heterocycles. The van der Waals surface area contributed by atoms with Crippen LogP contribution in [0.25, 0.3) is 0 Å². The first kappa shape index (κ1) is 19.4. The molecule has 7 nitrogen and oxygen atoms in total. The molecule has 0 saturated carbocycles. The molecule has 0 bridgehead atoms. The molecule has 0 radical (unpaired) electrons. The van der Waals surface area contributed by atoms with Crippen molar-refractivity contribution < 1.29 is 17.6 Å². The second-order valence-electron chi connectivity index (χ2n) is 6.55. The third-order valence-corrected chi connectivity index (χ3v) is 5.41. The Morgan fingerprint density at radius 2 is 1.80 bits per heavy atom. The molecule has 2 aromatic rings. The molecule has 0 aliphatic carbocycles. The van der Waals surface area contributed by atoms with E-state index in [1.165, 1.54) is 7.11 Å². The van der Waals surface area contributed by atoms with Gasteiger partial charge < -0.3 is 9.15 Å². The molecule has 25 heavy (non-hydrogen) atoms. The minimum absolute atomic E-state index is 0.100. The van der Waals surface area contributed by atoms with Crippen LogP contribution in [-0.4, -0.2) is 25.7 Å². The topological polar surface area (TPSA) is 94.3 Å². The summed E-state index contributed by atoms with van der Waals surface area (Å²) in [5, 5.41) is 7.78. The molecular formula is C17H25N3O4S. The van der Waals surface area contributed by atoms with Gasteiger partial charge in [0, 0.05) is 6.92 Å². The van der Waals surface area contributed by atoms with Crippen molar-refractivity contribution in [3.8, 4) is 5.75 Å². The number of nitrogens with zero attached hydrogens (tertiary/aromatic N) is 2. The number of hydrogen-bond donors (Lipinski definition) is 1. The molecule has 0 saturated heterocycles. The van der Waals surface area contributed by atoms with Gasteiger partial charge in [0.15, 0.2) is 0 Å². The monoisotopic (exact) mass is 367 g/mol. The summed E-state index contributed by atoms with van der Waals surface area (Å²) in [6, 6.07) is 2.73. The fourth-order valence-corrected chi connectivity index (χ4v) is 3.94. The van der Waals surface area contributed by atoms with Crippen molar-refractivity contribution in [2.75, 3.05) is 7.11 Å². The van der Waals surface area contributed by atoms with Crippen LogP contribution in [0.2, 0.25) is 0 Å². The van der Waals surface area contributed by atoms with Gasteiger partial charge in [0.2, 0.25) is 21.8 Å². The molecule has 1 atom stereocenters. The van der Waals surface area contributed by atoms with Crippen LogP contribution in [0.1, 0.15) is 49.2 Å². The number of aromatic nitrogens is 2. The summed E-state index contributed by atoms with van der Waals surface area (Å²) in [6.45, 7) is 9.44. The highest BCUT2D eigenvalue weighted by Gasteiger charge is 2.28. The molecule has 0 fully saturated rings. The average Bonchev–Trinajstić information content (AvgIpc) is 2.94. The van der Waals surface area contributed by atoms with Crippen LogP contribution in [0.4, 0.5) is 0 Å². The highest BCUT2D eigenvalue weighted by Crippen LogP contribution is 2.30.